The minimum absolute atomic E-state index is 0.272. The summed E-state index contributed by atoms with van der Waals surface area (Å²) in [6.45, 7) is 5.36. The number of hydrogen-bond acceptors (Lipinski definition) is 3. The molecule has 122 valence electrons. The average Bonchev–Trinajstić information content (AvgIpc) is 3.27. The molecule has 0 aromatic heterocycles. The Morgan fingerprint density at radius 3 is 2.48 bits per heavy atom. The first kappa shape index (κ1) is 17.1. The van der Waals surface area contributed by atoms with Crippen molar-refractivity contribution in [2.24, 2.45) is 5.92 Å². The van der Waals surface area contributed by atoms with Crippen LogP contribution in [0.5, 0.6) is 0 Å². The standard InChI is InChI=1S/C19H23NO3/c1-19(2,3)23-18(22)20-16(13-15-7-5-4-6-8-15)17(21)12-11-14-9-10-14/h4-8,14,16H,9-10,13H2,1-3H3,(H,20,22)/t16-/m0/s1. The van der Waals surface area contributed by atoms with Gasteiger partial charge in [-0.1, -0.05) is 36.3 Å². The number of nitrogens with one attached hydrogen (secondary N) is 1. The van der Waals surface area contributed by atoms with Crippen molar-refractivity contribution in [3.05, 3.63) is 35.9 Å². The molecule has 1 saturated carbocycles. The minimum Gasteiger partial charge on any atom is -0.444 e. The number of ether oxygens (including phenoxy) is 1. The normalized spacial score (nSPS) is 15.1. The highest BCUT2D eigenvalue weighted by molar-refractivity contribution is 6.01. The zero-order valence-electron chi connectivity index (χ0n) is 13.9. The molecule has 0 heterocycles. The van der Waals surface area contributed by atoms with Crippen LogP contribution in [-0.2, 0) is 16.0 Å². The molecule has 1 aliphatic rings. The Bertz CT molecular complexity index is 616. The van der Waals surface area contributed by atoms with E-state index in [2.05, 4.69) is 17.2 Å². The Morgan fingerprint density at radius 2 is 1.91 bits per heavy atom. The highest BCUT2D eigenvalue weighted by Gasteiger charge is 2.24. The Balaban J connectivity index is 2.05. The van der Waals surface area contributed by atoms with Crippen molar-refractivity contribution in [1.82, 2.24) is 5.32 Å². The van der Waals surface area contributed by atoms with Crippen LogP contribution in [0.15, 0.2) is 30.3 Å². The molecule has 0 radical (unpaired) electrons. The summed E-state index contributed by atoms with van der Waals surface area (Å²) >= 11 is 0. The molecular formula is C19H23NO3. The first-order valence-corrected chi connectivity index (χ1v) is 7.92. The predicted octanol–water partition coefficient (Wildman–Crippen LogP) is 3.10. The van der Waals surface area contributed by atoms with Gasteiger partial charge in [0.15, 0.2) is 0 Å². The lowest BCUT2D eigenvalue weighted by Gasteiger charge is -2.22. The van der Waals surface area contributed by atoms with Gasteiger partial charge in [-0.2, -0.15) is 0 Å². The first-order valence-electron chi connectivity index (χ1n) is 7.92. The highest BCUT2D eigenvalue weighted by atomic mass is 16.6. The van der Waals surface area contributed by atoms with Gasteiger partial charge in [-0.25, -0.2) is 4.79 Å². The predicted molar refractivity (Wildman–Crippen MR) is 88.8 cm³/mol. The minimum atomic E-state index is -0.696. The molecule has 1 aromatic rings. The van der Waals surface area contributed by atoms with Gasteiger partial charge in [0, 0.05) is 12.3 Å². The zero-order valence-corrected chi connectivity index (χ0v) is 13.9. The van der Waals surface area contributed by atoms with E-state index >= 15 is 0 Å². The number of rotatable bonds is 4. The van der Waals surface area contributed by atoms with Crippen LogP contribution >= 0.6 is 0 Å². The number of amides is 1. The summed E-state index contributed by atoms with van der Waals surface area (Å²) in [5.41, 5.74) is 0.361. The van der Waals surface area contributed by atoms with Crippen LogP contribution in [0.25, 0.3) is 0 Å². The SMILES string of the molecule is CC(C)(C)OC(=O)N[C@@H](Cc1ccccc1)C(=O)C#CC1CC1. The Hall–Kier alpha value is -2.28. The van der Waals surface area contributed by atoms with Crippen molar-refractivity contribution in [2.45, 2.75) is 51.7 Å². The number of carbonyl (C=O) groups is 2. The molecule has 1 N–H and O–H groups in total. The lowest BCUT2D eigenvalue weighted by molar-refractivity contribution is -0.115. The number of carbonyl (C=O) groups excluding carboxylic acids is 2. The van der Waals surface area contributed by atoms with Gasteiger partial charge in [-0.3, -0.25) is 4.79 Å². The van der Waals surface area contributed by atoms with Gasteiger partial charge in [0.25, 0.3) is 0 Å². The topological polar surface area (TPSA) is 55.4 Å². The quantitative estimate of drug-likeness (QED) is 0.686. The molecule has 0 spiro atoms. The van der Waals surface area contributed by atoms with Gasteiger partial charge >= 0.3 is 6.09 Å². The average molecular weight is 313 g/mol. The number of ketones is 1. The van der Waals surface area contributed by atoms with E-state index in [9.17, 15) is 9.59 Å². The Labute approximate surface area is 137 Å². The summed E-state index contributed by atoms with van der Waals surface area (Å²) in [6, 6.07) is 8.87. The summed E-state index contributed by atoms with van der Waals surface area (Å²) < 4.78 is 5.24. The van der Waals surface area contributed by atoms with Gasteiger partial charge in [0.05, 0.1) is 0 Å². The third kappa shape index (κ3) is 6.56. The molecule has 4 nitrogen and oxygen atoms in total. The van der Waals surface area contributed by atoms with Crippen molar-refractivity contribution < 1.29 is 14.3 Å². The monoisotopic (exact) mass is 313 g/mol. The van der Waals surface area contributed by atoms with Gasteiger partial charge in [0.1, 0.15) is 11.6 Å². The van der Waals surface area contributed by atoms with E-state index in [-0.39, 0.29) is 5.78 Å². The molecule has 1 fully saturated rings. The molecule has 23 heavy (non-hydrogen) atoms. The first-order chi connectivity index (χ1) is 10.8. The maximum Gasteiger partial charge on any atom is 0.408 e. The molecule has 4 heteroatoms. The van der Waals surface area contributed by atoms with Gasteiger partial charge in [-0.05, 0) is 45.1 Å². The van der Waals surface area contributed by atoms with Crippen LogP contribution in [0.3, 0.4) is 0 Å². The maximum atomic E-state index is 12.3. The van der Waals surface area contributed by atoms with E-state index in [0.717, 1.165) is 18.4 Å². The molecule has 1 aromatic carbocycles. The van der Waals surface area contributed by atoms with Crippen LogP contribution in [0.4, 0.5) is 4.79 Å². The van der Waals surface area contributed by atoms with E-state index in [1.165, 1.54) is 0 Å². The molecule has 2 rings (SSSR count). The molecule has 1 atom stereocenters. The van der Waals surface area contributed by atoms with E-state index in [4.69, 9.17) is 4.74 Å². The molecule has 0 bridgehead atoms. The number of hydrogen-bond donors (Lipinski definition) is 1. The van der Waals surface area contributed by atoms with Gasteiger partial charge < -0.3 is 10.1 Å². The zero-order chi connectivity index (χ0) is 16.9. The Morgan fingerprint density at radius 1 is 1.26 bits per heavy atom. The van der Waals surface area contributed by atoms with Crippen LogP contribution < -0.4 is 5.32 Å². The molecular weight excluding hydrogens is 290 g/mol. The van der Waals surface area contributed by atoms with E-state index in [1.807, 2.05) is 30.3 Å². The van der Waals surface area contributed by atoms with Crippen LogP contribution in [0, 0.1) is 17.8 Å². The van der Waals surface area contributed by atoms with Gasteiger partial charge in [0.2, 0.25) is 5.78 Å². The van der Waals surface area contributed by atoms with Crippen molar-refractivity contribution in [2.75, 3.05) is 0 Å². The smallest absolute Gasteiger partial charge is 0.408 e. The number of Topliss-reactive ketones (excluding diaryl/α,β-unsaturated/α-hetero) is 1. The summed E-state index contributed by atoms with van der Waals surface area (Å²) in [6.07, 6.45) is 1.92. The van der Waals surface area contributed by atoms with Crippen molar-refractivity contribution in [3.63, 3.8) is 0 Å². The second-order valence-corrected chi connectivity index (χ2v) is 6.80. The lowest BCUT2D eigenvalue weighted by atomic mass is 10.0. The summed E-state index contributed by atoms with van der Waals surface area (Å²) in [5.74, 6) is 5.70. The fourth-order valence-electron chi connectivity index (χ4n) is 2.00. The number of benzene rings is 1. The van der Waals surface area contributed by atoms with Crippen molar-refractivity contribution in [3.8, 4) is 11.8 Å². The fourth-order valence-corrected chi connectivity index (χ4v) is 2.00. The summed E-state index contributed by atoms with van der Waals surface area (Å²) in [5, 5.41) is 2.65. The molecule has 0 aliphatic heterocycles. The lowest BCUT2D eigenvalue weighted by Crippen LogP contribution is -2.44. The van der Waals surface area contributed by atoms with E-state index < -0.39 is 17.7 Å². The Kier molecular flexibility index (Phi) is 5.44. The van der Waals surface area contributed by atoms with Crippen molar-refractivity contribution in [1.29, 1.82) is 0 Å². The second-order valence-electron chi connectivity index (χ2n) is 6.80. The third-order valence-corrected chi connectivity index (χ3v) is 3.27. The van der Waals surface area contributed by atoms with Crippen LogP contribution in [-0.4, -0.2) is 23.5 Å². The molecule has 1 aliphatic carbocycles. The fraction of sp³-hybridized carbons (Fsp3) is 0.474. The molecule has 0 unspecified atom stereocenters. The maximum absolute atomic E-state index is 12.3. The van der Waals surface area contributed by atoms with Gasteiger partial charge in [-0.15, -0.1) is 0 Å². The molecule has 0 saturated heterocycles. The summed E-state index contributed by atoms with van der Waals surface area (Å²) in [4.78, 5) is 24.3. The largest absolute Gasteiger partial charge is 0.444 e. The van der Waals surface area contributed by atoms with Crippen LogP contribution in [0.1, 0.15) is 39.2 Å². The second kappa shape index (κ2) is 7.32. The number of alkyl carbamates (subject to hydrolysis) is 1. The summed E-state index contributed by atoms with van der Waals surface area (Å²) in [7, 11) is 0. The van der Waals surface area contributed by atoms with E-state index in [1.54, 1.807) is 20.8 Å². The van der Waals surface area contributed by atoms with Crippen molar-refractivity contribution >= 4 is 11.9 Å². The van der Waals surface area contributed by atoms with Crippen LogP contribution in [0.2, 0.25) is 0 Å². The molecule has 1 amide bonds. The van der Waals surface area contributed by atoms with E-state index in [0.29, 0.717) is 12.3 Å². The highest BCUT2D eigenvalue weighted by Crippen LogP contribution is 2.27. The third-order valence-electron chi connectivity index (χ3n) is 3.27.